The Bertz CT molecular complexity index is 725. The summed E-state index contributed by atoms with van der Waals surface area (Å²) >= 11 is 3.27. The Morgan fingerprint density at radius 2 is 1.71 bits per heavy atom. The highest BCUT2D eigenvalue weighted by atomic mass is 32.2. The van der Waals surface area contributed by atoms with Crippen molar-refractivity contribution in [3.8, 4) is 10.6 Å². The molecule has 0 saturated heterocycles. The average Bonchev–Trinajstić information content (AvgIpc) is 3.04. The van der Waals surface area contributed by atoms with Gasteiger partial charge in [-0.05, 0) is 17.9 Å². The summed E-state index contributed by atoms with van der Waals surface area (Å²) in [5, 5.41) is 10.4. The molecule has 0 aliphatic rings. The molecule has 21 heavy (non-hydrogen) atoms. The summed E-state index contributed by atoms with van der Waals surface area (Å²) in [7, 11) is 0. The van der Waals surface area contributed by atoms with E-state index < -0.39 is 0 Å². The number of hydrogen-bond donors (Lipinski definition) is 1. The van der Waals surface area contributed by atoms with E-state index in [1.54, 1.807) is 23.1 Å². The van der Waals surface area contributed by atoms with E-state index in [0.29, 0.717) is 0 Å². The van der Waals surface area contributed by atoms with Crippen LogP contribution in [0.4, 0.5) is 0 Å². The minimum atomic E-state index is -0.223. The maximum absolute atomic E-state index is 6.28. The van der Waals surface area contributed by atoms with Gasteiger partial charge in [-0.2, -0.15) is 0 Å². The Balaban J connectivity index is 1.93. The summed E-state index contributed by atoms with van der Waals surface area (Å²) in [6.07, 6.45) is 2.07. The number of aromatic nitrogens is 2. The normalized spacial score (nSPS) is 12.3. The summed E-state index contributed by atoms with van der Waals surface area (Å²) < 4.78 is 0. The highest BCUT2D eigenvalue weighted by Gasteiger charge is 2.16. The molecule has 0 aliphatic heterocycles. The maximum atomic E-state index is 6.28. The predicted octanol–water partition coefficient (Wildman–Crippen LogP) is 3.98. The molecule has 0 spiro atoms. The van der Waals surface area contributed by atoms with E-state index in [1.807, 2.05) is 42.5 Å². The zero-order chi connectivity index (χ0) is 14.7. The molecule has 106 valence electrons. The van der Waals surface area contributed by atoms with Gasteiger partial charge in [0.15, 0.2) is 0 Å². The van der Waals surface area contributed by atoms with Crippen molar-refractivity contribution in [2.75, 3.05) is 6.26 Å². The first kappa shape index (κ1) is 14.3. The zero-order valence-electron chi connectivity index (χ0n) is 11.6. The summed E-state index contributed by atoms with van der Waals surface area (Å²) in [5.74, 6) is 0. The monoisotopic (exact) mass is 313 g/mol. The van der Waals surface area contributed by atoms with Crippen molar-refractivity contribution in [3.05, 3.63) is 65.2 Å². The third-order valence-corrected chi connectivity index (χ3v) is 5.04. The van der Waals surface area contributed by atoms with Gasteiger partial charge in [0.2, 0.25) is 0 Å². The molecule has 0 saturated carbocycles. The first-order chi connectivity index (χ1) is 10.3. The summed E-state index contributed by atoms with van der Waals surface area (Å²) in [6, 6.07) is 18.0. The fraction of sp³-hybridized carbons (Fsp3) is 0.125. The van der Waals surface area contributed by atoms with Crippen molar-refractivity contribution >= 4 is 23.1 Å². The number of nitrogens with two attached hydrogens (primary N) is 1. The first-order valence-corrected chi connectivity index (χ1v) is 8.61. The second kappa shape index (κ2) is 6.39. The van der Waals surface area contributed by atoms with Crippen LogP contribution in [-0.4, -0.2) is 16.5 Å². The van der Waals surface area contributed by atoms with Crippen LogP contribution < -0.4 is 5.73 Å². The van der Waals surface area contributed by atoms with Gasteiger partial charge in [-0.3, -0.25) is 0 Å². The molecule has 0 bridgehead atoms. The minimum Gasteiger partial charge on any atom is -0.318 e. The largest absolute Gasteiger partial charge is 0.318 e. The van der Waals surface area contributed by atoms with Crippen LogP contribution in [0.3, 0.4) is 0 Å². The van der Waals surface area contributed by atoms with Crippen molar-refractivity contribution < 1.29 is 0 Å². The molecular formula is C16H15N3S2. The van der Waals surface area contributed by atoms with Crippen LogP contribution in [0.1, 0.15) is 16.6 Å². The van der Waals surface area contributed by atoms with Crippen molar-refractivity contribution in [2.24, 2.45) is 5.73 Å². The van der Waals surface area contributed by atoms with Gasteiger partial charge in [0.05, 0.1) is 6.04 Å². The molecule has 1 aromatic heterocycles. The SMILES string of the molecule is CSc1ccccc1-c1nnc(C(N)c2ccccc2)s1. The van der Waals surface area contributed by atoms with Crippen LogP contribution in [0, 0.1) is 0 Å². The molecule has 1 heterocycles. The number of thioether (sulfide) groups is 1. The third-order valence-electron chi connectivity index (χ3n) is 3.20. The molecule has 3 aromatic rings. The van der Waals surface area contributed by atoms with Gasteiger partial charge in [-0.25, -0.2) is 0 Å². The summed E-state index contributed by atoms with van der Waals surface area (Å²) in [4.78, 5) is 1.20. The number of rotatable bonds is 4. The van der Waals surface area contributed by atoms with Crippen LogP contribution >= 0.6 is 23.1 Å². The van der Waals surface area contributed by atoms with Crippen molar-refractivity contribution in [1.82, 2.24) is 10.2 Å². The Hall–Kier alpha value is -1.69. The van der Waals surface area contributed by atoms with E-state index in [1.165, 1.54) is 4.90 Å². The molecule has 2 aromatic carbocycles. The smallest absolute Gasteiger partial charge is 0.148 e. The minimum absolute atomic E-state index is 0.223. The van der Waals surface area contributed by atoms with Crippen molar-refractivity contribution in [2.45, 2.75) is 10.9 Å². The van der Waals surface area contributed by atoms with E-state index in [0.717, 1.165) is 21.1 Å². The van der Waals surface area contributed by atoms with Gasteiger partial charge in [-0.15, -0.1) is 22.0 Å². The number of benzene rings is 2. The highest BCUT2D eigenvalue weighted by Crippen LogP contribution is 2.34. The van der Waals surface area contributed by atoms with Gasteiger partial charge in [0.25, 0.3) is 0 Å². The molecule has 0 aliphatic carbocycles. The lowest BCUT2D eigenvalue weighted by molar-refractivity contribution is 0.831. The average molecular weight is 313 g/mol. The maximum Gasteiger partial charge on any atom is 0.148 e. The van der Waals surface area contributed by atoms with Gasteiger partial charge >= 0.3 is 0 Å². The second-order valence-corrected chi connectivity index (χ2v) is 6.39. The second-order valence-electron chi connectivity index (χ2n) is 4.53. The third kappa shape index (κ3) is 3.00. The molecule has 0 amide bonds. The Kier molecular flexibility index (Phi) is 4.34. The number of hydrogen-bond acceptors (Lipinski definition) is 5. The molecule has 1 atom stereocenters. The predicted molar refractivity (Wildman–Crippen MR) is 89.6 cm³/mol. The van der Waals surface area contributed by atoms with Crippen LogP contribution in [0.25, 0.3) is 10.6 Å². The van der Waals surface area contributed by atoms with Crippen molar-refractivity contribution in [3.63, 3.8) is 0 Å². The van der Waals surface area contributed by atoms with E-state index in [9.17, 15) is 0 Å². The topological polar surface area (TPSA) is 51.8 Å². The summed E-state index contributed by atoms with van der Waals surface area (Å²) in [5.41, 5.74) is 8.45. The lowest BCUT2D eigenvalue weighted by Crippen LogP contribution is -2.11. The first-order valence-electron chi connectivity index (χ1n) is 6.57. The molecule has 0 radical (unpaired) electrons. The molecule has 1 unspecified atom stereocenters. The Labute approximate surface area is 132 Å². The van der Waals surface area contributed by atoms with Crippen LogP contribution in [0.15, 0.2) is 59.5 Å². The van der Waals surface area contributed by atoms with Gasteiger partial charge in [0, 0.05) is 10.5 Å². The van der Waals surface area contributed by atoms with E-state index in [2.05, 4.69) is 28.6 Å². The van der Waals surface area contributed by atoms with E-state index >= 15 is 0 Å². The fourth-order valence-corrected chi connectivity index (χ4v) is 3.67. The highest BCUT2D eigenvalue weighted by molar-refractivity contribution is 7.98. The molecule has 3 rings (SSSR count). The summed E-state index contributed by atoms with van der Waals surface area (Å²) in [6.45, 7) is 0. The molecular weight excluding hydrogens is 298 g/mol. The lowest BCUT2D eigenvalue weighted by atomic mass is 10.1. The molecule has 2 N–H and O–H groups in total. The van der Waals surface area contributed by atoms with Gasteiger partial charge < -0.3 is 5.73 Å². The fourth-order valence-electron chi connectivity index (χ4n) is 2.09. The van der Waals surface area contributed by atoms with Gasteiger partial charge in [-0.1, -0.05) is 59.9 Å². The molecule has 5 heteroatoms. The van der Waals surface area contributed by atoms with E-state index in [-0.39, 0.29) is 6.04 Å². The Morgan fingerprint density at radius 1 is 1.00 bits per heavy atom. The lowest BCUT2D eigenvalue weighted by Gasteiger charge is -2.07. The van der Waals surface area contributed by atoms with Crippen molar-refractivity contribution in [1.29, 1.82) is 0 Å². The van der Waals surface area contributed by atoms with Crippen LogP contribution in [0.2, 0.25) is 0 Å². The quantitative estimate of drug-likeness (QED) is 0.740. The van der Waals surface area contributed by atoms with Crippen LogP contribution in [-0.2, 0) is 0 Å². The van der Waals surface area contributed by atoms with E-state index in [4.69, 9.17) is 5.73 Å². The zero-order valence-corrected chi connectivity index (χ0v) is 13.2. The van der Waals surface area contributed by atoms with Crippen LogP contribution in [0.5, 0.6) is 0 Å². The molecule has 0 fully saturated rings. The Morgan fingerprint density at radius 3 is 2.48 bits per heavy atom. The standard InChI is InChI=1S/C16H15N3S2/c1-20-13-10-6-5-9-12(13)15-18-19-16(21-15)14(17)11-7-3-2-4-8-11/h2-10,14H,17H2,1H3. The number of nitrogens with zero attached hydrogens (tertiary/aromatic N) is 2. The molecule has 3 nitrogen and oxygen atoms in total. The van der Waals surface area contributed by atoms with Gasteiger partial charge in [0.1, 0.15) is 10.0 Å².